The third-order valence-corrected chi connectivity index (χ3v) is 9.75. The van der Waals surface area contributed by atoms with Gasteiger partial charge in [-0.3, -0.25) is 38.5 Å². The number of fused-ring (bicyclic) bond motifs is 1. The number of thiol groups is 1. The molecule has 3 rings (SSSR count). The SMILES string of the molecule is CCCCNC(=O)c1ccc(NCc2cnc3nc(N)[nH]c(=O)c3n2)cc1.O=CN[C@H](C(=O)NC(CC(=O)O)C(=O)N[C@H](C(=O)NC(CS)C(=O)O)C(O)C(O)[C@H](O)CO)C(O)C(O)[C@H](O)CO. The fourth-order valence-corrected chi connectivity index (χ4v) is 5.84. The van der Waals surface area contributed by atoms with Gasteiger partial charge in [0, 0.05) is 23.5 Å². The van der Waals surface area contributed by atoms with Gasteiger partial charge in [-0.15, -0.1) is 0 Å². The topological polar surface area (TPSA) is 492 Å². The van der Waals surface area contributed by atoms with Crippen LogP contribution in [0.15, 0.2) is 35.3 Å². The largest absolute Gasteiger partial charge is 0.481 e. The van der Waals surface area contributed by atoms with E-state index in [9.17, 15) is 74.1 Å². The van der Waals surface area contributed by atoms with E-state index in [0.29, 0.717) is 24.3 Å². The van der Waals surface area contributed by atoms with E-state index in [4.69, 9.17) is 21.1 Å². The number of carbonyl (C=O) groups is 7. The predicted octanol–water partition coefficient (Wildman–Crippen LogP) is -7.37. The van der Waals surface area contributed by atoms with E-state index in [1.807, 2.05) is 17.4 Å². The number of hydrogen-bond donors (Lipinski definition) is 19. The molecule has 29 nitrogen and oxygen atoms in total. The summed E-state index contributed by atoms with van der Waals surface area (Å²) in [5.41, 5.74) is 7.43. The van der Waals surface area contributed by atoms with Gasteiger partial charge >= 0.3 is 11.9 Å². The highest BCUT2D eigenvalue weighted by Crippen LogP contribution is 2.13. The molecule has 10 atom stereocenters. The normalized spacial score (nSPS) is 15.4. The highest BCUT2D eigenvalue weighted by molar-refractivity contribution is 7.80. The van der Waals surface area contributed by atoms with Crippen LogP contribution in [0, 0.1) is 0 Å². The van der Waals surface area contributed by atoms with Crippen LogP contribution in [0.2, 0.25) is 0 Å². The van der Waals surface area contributed by atoms with Crippen LogP contribution in [0.3, 0.4) is 0 Å². The minimum absolute atomic E-state index is 0.00601. The van der Waals surface area contributed by atoms with Crippen molar-refractivity contribution >= 4 is 77.4 Å². The molecule has 376 valence electrons. The zero-order valence-corrected chi connectivity index (χ0v) is 36.9. The maximum atomic E-state index is 12.9. The lowest BCUT2D eigenvalue weighted by Crippen LogP contribution is -2.64. The summed E-state index contributed by atoms with van der Waals surface area (Å²) in [6.07, 6.45) is -11.3. The lowest BCUT2D eigenvalue weighted by atomic mass is 9.98. The number of aromatic amines is 1. The molecular weight excluding hydrogens is 931 g/mol. The average molecular weight is 986 g/mol. The van der Waals surface area contributed by atoms with Gasteiger partial charge < -0.3 is 88.7 Å². The molecule has 19 N–H and O–H groups in total. The van der Waals surface area contributed by atoms with Crippen LogP contribution in [0.1, 0.15) is 42.2 Å². The van der Waals surface area contributed by atoms with Gasteiger partial charge in [0.05, 0.1) is 38.1 Å². The van der Waals surface area contributed by atoms with Crippen molar-refractivity contribution in [1.29, 1.82) is 0 Å². The molecule has 0 fully saturated rings. The number of amides is 5. The van der Waals surface area contributed by atoms with Gasteiger partial charge in [-0.25, -0.2) is 14.8 Å². The van der Waals surface area contributed by atoms with E-state index < -0.39 is 121 Å². The molecule has 2 aromatic heterocycles. The molecule has 5 amide bonds. The fraction of sp³-hybridized carbons (Fsp3) is 0.500. The molecule has 1 aromatic carbocycles. The molecule has 68 heavy (non-hydrogen) atoms. The van der Waals surface area contributed by atoms with Gasteiger partial charge in [-0.1, -0.05) is 13.3 Å². The Labute approximate surface area is 390 Å². The molecular formula is C38H55N11O18S. The van der Waals surface area contributed by atoms with Crippen LogP contribution in [-0.4, -0.2) is 199 Å². The van der Waals surface area contributed by atoms with Crippen LogP contribution in [0.4, 0.5) is 11.6 Å². The minimum Gasteiger partial charge on any atom is -0.481 e. The van der Waals surface area contributed by atoms with Gasteiger partial charge in [-0.2, -0.15) is 17.6 Å². The van der Waals surface area contributed by atoms with Crippen LogP contribution in [0.5, 0.6) is 0 Å². The predicted molar refractivity (Wildman–Crippen MR) is 236 cm³/mol. The van der Waals surface area contributed by atoms with Gasteiger partial charge in [0.2, 0.25) is 30.1 Å². The van der Waals surface area contributed by atoms with Gasteiger partial charge in [0.1, 0.15) is 60.8 Å². The molecule has 0 spiro atoms. The number of anilines is 2. The number of carbonyl (C=O) groups excluding carboxylic acids is 5. The van der Waals surface area contributed by atoms with E-state index in [1.54, 1.807) is 28.1 Å². The lowest BCUT2D eigenvalue weighted by Gasteiger charge is -2.31. The molecule has 6 unspecified atom stereocenters. The Morgan fingerprint density at radius 2 is 1.38 bits per heavy atom. The van der Waals surface area contributed by atoms with Gasteiger partial charge in [0.15, 0.2) is 11.2 Å². The van der Waals surface area contributed by atoms with E-state index in [0.717, 1.165) is 18.5 Å². The Hall–Kier alpha value is -6.64. The first-order chi connectivity index (χ1) is 32.1. The number of aliphatic hydroxyl groups is 8. The number of nitrogens with two attached hydrogens (primary N) is 1. The second-order valence-corrected chi connectivity index (χ2v) is 14.8. The second kappa shape index (κ2) is 28.5. The third-order valence-electron chi connectivity index (χ3n) is 9.39. The molecule has 0 radical (unpaired) electrons. The number of carboxylic acids is 2. The van der Waals surface area contributed by atoms with Gasteiger partial charge in [-0.05, 0) is 30.7 Å². The number of nitrogens with zero attached hydrogens (tertiary/aromatic N) is 3. The molecule has 0 aliphatic carbocycles. The number of aliphatic hydroxyl groups excluding tert-OH is 8. The number of unbranched alkanes of at least 4 members (excludes halogenated alkanes) is 1. The van der Waals surface area contributed by atoms with E-state index in [2.05, 4.69) is 50.1 Å². The Bertz CT molecular complexity index is 2230. The van der Waals surface area contributed by atoms with Crippen molar-refractivity contribution in [3.63, 3.8) is 0 Å². The summed E-state index contributed by atoms with van der Waals surface area (Å²) in [5.74, 6) is -8.50. The number of nitrogens with one attached hydrogen (secondary N) is 7. The van der Waals surface area contributed by atoms with Crippen molar-refractivity contribution in [3.05, 3.63) is 52.1 Å². The fourth-order valence-electron chi connectivity index (χ4n) is 5.59. The van der Waals surface area contributed by atoms with Crippen molar-refractivity contribution in [1.82, 2.24) is 46.5 Å². The molecule has 2 heterocycles. The summed E-state index contributed by atoms with van der Waals surface area (Å²) in [7, 11) is 0. The number of nitrogen functional groups attached to an aromatic ring is 1. The Kier molecular flexibility index (Phi) is 24.1. The summed E-state index contributed by atoms with van der Waals surface area (Å²) in [6, 6.07) is -1.22. The Morgan fingerprint density at radius 3 is 1.91 bits per heavy atom. The molecule has 0 aliphatic rings. The maximum absolute atomic E-state index is 12.9. The van der Waals surface area contributed by atoms with Crippen molar-refractivity contribution in [3.8, 4) is 0 Å². The standard InChI is InChI=1S/C20H34N4O16S.C18H21N7O2/c25-2-8(28)13(32)15(34)11(21-5-27)18(37)22-6(1-10(30)31)17(36)24-12(16(35)14(33)9(29)3-26)19(38)23-7(4-41)20(39)40;1-2-3-8-20-16(26)11-4-6-12(7-5-11)21-9-13-10-22-15-14(23-13)17(27)25-18(19)24-15/h5-9,11-16,25-26,28-29,32-35,41H,1-4H2,(H,21,27)(H,22,37)(H,23,38)(H,24,36)(H,30,31)(H,39,40);4-7,10,21H,2-3,8-9H2,1H3,(H,20,26)(H3,19,22,24,25,27)/t6?,7?,8-,9-,11+,12+,13?,14?,15?,16?;/m1./s1. The van der Waals surface area contributed by atoms with E-state index in [1.165, 1.54) is 6.20 Å². The molecule has 0 saturated heterocycles. The monoisotopic (exact) mass is 985 g/mol. The molecule has 30 heteroatoms. The highest BCUT2D eigenvalue weighted by Gasteiger charge is 2.41. The minimum atomic E-state index is -2.46. The van der Waals surface area contributed by atoms with Crippen LogP contribution in [0.25, 0.3) is 11.2 Å². The summed E-state index contributed by atoms with van der Waals surface area (Å²) in [5, 5.41) is 109. The van der Waals surface area contributed by atoms with Crippen LogP contribution >= 0.6 is 12.6 Å². The summed E-state index contributed by atoms with van der Waals surface area (Å²) < 4.78 is 0. The number of carboxylic acid groups (broad SMARTS) is 2. The third kappa shape index (κ3) is 17.5. The van der Waals surface area contributed by atoms with E-state index >= 15 is 0 Å². The number of benzene rings is 1. The first-order valence-corrected chi connectivity index (χ1v) is 20.9. The van der Waals surface area contributed by atoms with Crippen LogP contribution < -0.4 is 43.2 Å². The Balaban J connectivity index is 0.000000503. The summed E-state index contributed by atoms with van der Waals surface area (Å²) in [6.45, 7) is 0.895. The zero-order valence-electron chi connectivity index (χ0n) is 36.0. The molecule has 3 aromatic rings. The van der Waals surface area contributed by atoms with Crippen molar-refractivity contribution in [2.75, 3.05) is 36.6 Å². The average Bonchev–Trinajstić information content (AvgIpc) is 3.31. The number of hydrogen-bond acceptors (Lipinski definition) is 22. The first-order valence-electron chi connectivity index (χ1n) is 20.2. The molecule has 0 saturated carbocycles. The Morgan fingerprint density at radius 1 is 0.809 bits per heavy atom. The van der Waals surface area contributed by atoms with Crippen molar-refractivity contribution < 1.29 is 84.6 Å². The quantitative estimate of drug-likeness (QED) is 0.0192. The number of rotatable bonds is 27. The lowest BCUT2D eigenvalue weighted by molar-refractivity contribution is -0.146. The summed E-state index contributed by atoms with van der Waals surface area (Å²) >= 11 is 3.72. The summed E-state index contributed by atoms with van der Waals surface area (Å²) in [4.78, 5) is 111. The maximum Gasteiger partial charge on any atom is 0.327 e. The number of aliphatic carboxylic acids is 2. The molecule has 0 aliphatic heterocycles. The second-order valence-electron chi connectivity index (χ2n) is 14.5. The highest BCUT2D eigenvalue weighted by atomic mass is 32.1. The van der Waals surface area contributed by atoms with Crippen molar-refractivity contribution in [2.24, 2.45) is 0 Å². The van der Waals surface area contributed by atoms with E-state index in [-0.39, 0.29) is 29.4 Å². The number of aromatic nitrogens is 4. The van der Waals surface area contributed by atoms with Crippen molar-refractivity contribution in [2.45, 2.75) is 93.5 Å². The van der Waals surface area contributed by atoms with Crippen LogP contribution in [-0.2, 0) is 35.3 Å². The molecule has 0 bridgehead atoms. The smallest absolute Gasteiger partial charge is 0.327 e. The first kappa shape index (κ1) is 57.5. The number of H-pyrrole nitrogens is 1. The zero-order chi connectivity index (χ0) is 51.2. The van der Waals surface area contributed by atoms with Gasteiger partial charge in [0.25, 0.3) is 11.5 Å².